The van der Waals surface area contributed by atoms with E-state index in [1.165, 1.54) is 24.4 Å². The number of aromatic nitrogens is 4. The van der Waals surface area contributed by atoms with E-state index in [0.29, 0.717) is 6.04 Å². The fourth-order valence-electron chi connectivity index (χ4n) is 3.80. The molecule has 5 nitrogen and oxygen atoms in total. The van der Waals surface area contributed by atoms with Gasteiger partial charge in [0.15, 0.2) is 5.65 Å². The molecule has 4 heterocycles. The predicted molar refractivity (Wildman–Crippen MR) is 95.9 cm³/mol. The molecule has 3 aromatic rings. The van der Waals surface area contributed by atoms with Gasteiger partial charge in [0, 0.05) is 50.2 Å². The summed E-state index contributed by atoms with van der Waals surface area (Å²) >= 11 is 0. The molecule has 0 amide bonds. The molecule has 0 saturated carbocycles. The number of nitrogens with zero attached hydrogens (tertiary/aromatic N) is 4. The molecule has 3 aromatic heterocycles. The summed E-state index contributed by atoms with van der Waals surface area (Å²) in [5, 5.41) is 0. The van der Waals surface area contributed by atoms with E-state index in [0.717, 1.165) is 43.6 Å². The number of piperidine rings is 1. The molecule has 0 spiro atoms. The van der Waals surface area contributed by atoms with Gasteiger partial charge in [-0.2, -0.15) is 0 Å². The summed E-state index contributed by atoms with van der Waals surface area (Å²) in [6.45, 7) is 5.49. The topological polar surface area (TPSA) is 49.7 Å². The third-order valence-corrected chi connectivity index (χ3v) is 4.97. The lowest BCUT2D eigenvalue weighted by Gasteiger charge is -2.33. The second-order valence-electron chi connectivity index (χ2n) is 6.70. The average Bonchev–Trinajstić information content (AvgIpc) is 3.23. The maximum Gasteiger partial charge on any atom is 0.160 e. The lowest BCUT2D eigenvalue weighted by Crippen LogP contribution is -2.34. The third-order valence-electron chi connectivity index (χ3n) is 4.97. The second kappa shape index (κ2) is 6.77. The van der Waals surface area contributed by atoms with Crippen molar-refractivity contribution in [1.29, 1.82) is 0 Å². The van der Waals surface area contributed by atoms with Gasteiger partial charge < -0.3 is 9.55 Å². The summed E-state index contributed by atoms with van der Waals surface area (Å²) in [5.74, 6) is 1.20. The molecule has 1 aliphatic rings. The van der Waals surface area contributed by atoms with Crippen molar-refractivity contribution in [3.63, 3.8) is 0 Å². The normalized spacial score (nSPS) is 16.9. The fourth-order valence-corrected chi connectivity index (χ4v) is 3.80. The van der Waals surface area contributed by atoms with Crippen LogP contribution in [0.5, 0.6) is 0 Å². The Balaban J connectivity index is 1.52. The van der Waals surface area contributed by atoms with Crippen molar-refractivity contribution in [3.05, 3.63) is 48.2 Å². The van der Waals surface area contributed by atoms with E-state index in [1.807, 2.05) is 18.5 Å². The van der Waals surface area contributed by atoms with Crippen LogP contribution in [0.4, 0.5) is 0 Å². The van der Waals surface area contributed by atoms with Crippen molar-refractivity contribution < 1.29 is 0 Å². The van der Waals surface area contributed by atoms with Crippen molar-refractivity contribution in [3.8, 4) is 0 Å². The molecular formula is C19H25N5. The highest BCUT2D eigenvalue weighted by Crippen LogP contribution is 2.29. The molecule has 5 heteroatoms. The van der Waals surface area contributed by atoms with Crippen molar-refractivity contribution in [1.82, 2.24) is 24.4 Å². The zero-order chi connectivity index (χ0) is 16.4. The van der Waals surface area contributed by atoms with Crippen LogP contribution in [0, 0.1) is 0 Å². The number of hydrogen-bond donors (Lipinski definition) is 1. The van der Waals surface area contributed by atoms with Gasteiger partial charge in [0.25, 0.3) is 0 Å². The highest BCUT2D eigenvalue weighted by atomic mass is 15.2. The van der Waals surface area contributed by atoms with Gasteiger partial charge in [0.2, 0.25) is 0 Å². The van der Waals surface area contributed by atoms with Crippen LogP contribution in [-0.4, -0.2) is 37.5 Å². The zero-order valence-electron chi connectivity index (χ0n) is 14.3. The highest BCUT2D eigenvalue weighted by Gasteiger charge is 2.24. The van der Waals surface area contributed by atoms with Crippen LogP contribution in [0.15, 0.2) is 36.7 Å². The van der Waals surface area contributed by atoms with Crippen molar-refractivity contribution >= 4 is 11.2 Å². The smallest absolute Gasteiger partial charge is 0.160 e. The van der Waals surface area contributed by atoms with Crippen molar-refractivity contribution in [2.75, 3.05) is 13.1 Å². The summed E-state index contributed by atoms with van der Waals surface area (Å²) in [7, 11) is 0. The molecule has 1 fully saturated rings. The minimum Gasteiger partial charge on any atom is -0.364 e. The van der Waals surface area contributed by atoms with Crippen molar-refractivity contribution in [2.24, 2.45) is 0 Å². The lowest BCUT2D eigenvalue weighted by atomic mass is 10.0. The quantitative estimate of drug-likeness (QED) is 0.781. The molecule has 1 saturated heterocycles. The first-order valence-electron chi connectivity index (χ1n) is 9.01. The van der Waals surface area contributed by atoms with Gasteiger partial charge in [0.05, 0.1) is 0 Å². The lowest BCUT2D eigenvalue weighted by molar-refractivity contribution is 0.178. The van der Waals surface area contributed by atoms with Crippen LogP contribution in [0.3, 0.4) is 0 Å². The number of pyridine rings is 1. The average molecular weight is 323 g/mol. The summed E-state index contributed by atoms with van der Waals surface area (Å²) in [6, 6.07) is 8.82. The SMILES string of the molecule is CCCc1nc2cccnc2n1C1CCN(Cc2ccc[nH]2)CC1. The van der Waals surface area contributed by atoms with E-state index in [-0.39, 0.29) is 0 Å². The number of H-pyrrole nitrogens is 1. The Kier molecular flexibility index (Phi) is 4.34. The molecule has 0 bridgehead atoms. The molecule has 126 valence electrons. The number of likely N-dealkylation sites (tertiary alicyclic amines) is 1. The molecule has 4 rings (SSSR count). The summed E-state index contributed by atoms with van der Waals surface area (Å²) in [5.41, 5.74) is 3.40. The monoisotopic (exact) mass is 323 g/mol. The molecule has 0 atom stereocenters. The number of aromatic amines is 1. The van der Waals surface area contributed by atoms with E-state index >= 15 is 0 Å². The number of hydrogen-bond acceptors (Lipinski definition) is 3. The van der Waals surface area contributed by atoms with Gasteiger partial charge in [-0.3, -0.25) is 4.90 Å². The van der Waals surface area contributed by atoms with Gasteiger partial charge >= 0.3 is 0 Å². The number of imidazole rings is 1. The number of rotatable bonds is 5. The van der Waals surface area contributed by atoms with E-state index in [2.05, 4.69) is 44.6 Å². The van der Waals surface area contributed by atoms with Gasteiger partial charge in [-0.05, 0) is 43.5 Å². The number of nitrogens with one attached hydrogen (secondary N) is 1. The first-order valence-corrected chi connectivity index (χ1v) is 9.01. The molecule has 1 N–H and O–H groups in total. The van der Waals surface area contributed by atoms with Crippen molar-refractivity contribution in [2.45, 2.75) is 45.2 Å². The Labute approximate surface area is 142 Å². The summed E-state index contributed by atoms with van der Waals surface area (Å²) < 4.78 is 2.42. The molecule has 0 unspecified atom stereocenters. The Morgan fingerprint density at radius 3 is 2.83 bits per heavy atom. The van der Waals surface area contributed by atoms with Crippen LogP contribution >= 0.6 is 0 Å². The first-order chi connectivity index (χ1) is 11.8. The highest BCUT2D eigenvalue weighted by molar-refractivity contribution is 5.71. The maximum absolute atomic E-state index is 4.84. The number of fused-ring (bicyclic) bond motifs is 1. The van der Waals surface area contributed by atoms with Crippen LogP contribution < -0.4 is 0 Å². The van der Waals surface area contributed by atoms with E-state index < -0.39 is 0 Å². The standard InChI is InChI=1S/C19H25N5/c1-2-5-18-22-17-7-4-11-21-19(17)24(18)16-8-12-23(13-9-16)14-15-6-3-10-20-15/h3-4,6-7,10-11,16,20H,2,5,8-9,12-14H2,1H3. The Morgan fingerprint density at radius 2 is 2.08 bits per heavy atom. The molecule has 0 aliphatic carbocycles. The zero-order valence-corrected chi connectivity index (χ0v) is 14.3. The van der Waals surface area contributed by atoms with Crippen LogP contribution in [0.2, 0.25) is 0 Å². The predicted octanol–water partition coefficient (Wildman–Crippen LogP) is 3.55. The molecule has 1 aliphatic heterocycles. The third kappa shape index (κ3) is 2.96. The van der Waals surface area contributed by atoms with Crippen LogP contribution in [-0.2, 0) is 13.0 Å². The van der Waals surface area contributed by atoms with E-state index in [1.54, 1.807) is 0 Å². The summed E-state index contributed by atoms with van der Waals surface area (Å²) in [4.78, 5) is 15.3. The summed E-state index contributed by atoms with van der Waals surface area (Å²) in [6.07, 6.45) is 8.37. The molecule has 0 radical (unpaired) electrons. The maximum atomic E-state index is 4.84. The Hall–Kier alpha value is -2.14. The van der Waals surface area contributed by atoms with Gasteiger partial charge in [-0.1, -0.05) is 6.92 Å². The van der Waals surface area contributed by atoms with Gasteiger partial charge in [0.1, 0.15) is 11.3 Å². The minimum atomic E-state index is 0.520. The first kappa shape index (κ1) is 15.4. The Morgan fingerprint density at radius 1 is 1.21 bits per heavy atom. The number of aryl methyl sites for hydroxylation is 1. The largest absolute Gasteiger partial charge is 0.364 e. The molecule has 0 aromatic carbocycles. The Bertz CT molecular complexity index is 781. The van der Waals surface area contributed by atoms with Gasteiger partial charge in [-0.15, -0.1) is 0 Å². The second-order valence-corrected chi connectivity index (χ2v) is 6.70. The molecular weight excluding hydrogens is 298 g/mol. The van der Waals surface area contributed by atoms with Crippen LogP contribution in [0.1, 0.15) is 43.7 Å². The van der Waals surface area contributed by atoms with Crippen LogP contribution in [0.25, 0.3) is 11.2 Å². The minimum absolute atomic E-state index is 0.520. The van der Waals surface area contributed by atoms with E-state index in [9.17, 15) is 0 Å². The van der Waals surface area contributed by atoms with E-state index in [4.69, 9.17) is 4.98 Å². The molecule has 24 heavy (non-hydrogen) atoms. The fraction of sp³-hybridized carbons (Fsp3) is 0.474. The van der Waals surface area contributed by atoms with Gasteiger partial charge in [-0.25, -0.2) is 9.97 Å².